The van der Waals surface area contributed by atoms with Crippen LogP contribution in [0, 0.1) is 5.92 Å². The molecule has 0 heterocycles. The molecule has 2 fully saturated rings. The van der Waals surface area contributed by atoms with Crippen molar-refractivity contribution in [1.29, 1.82) is 0 Å². The Morgan fingerprint density at radius 2 is 1.74 bits per heavy atom. The van der Waals surface area contributed by atoms with E-state index in [-0.39, 0.29) is 17.9 Å². The zero-order valence-corrected chi connectivity index (χ0v) is 11.4. The first-order valence-electron chi connectivity index (χ1n) is 7.34. The van der Waals surface area contributed by atoms with Gasteiger partial charge >= 0.3 is 5.97 Å². The molecule has 0 aromatic heterocycles. The smallest absolute Gasteiger partial charge is 0.329 e. The van der Waals surface area contributed by atoms with Gasteiger partial charge in [0.1, 0.15) is 5.54 Å². The Balaban J connectivity index is 2.03. The zero-order valence-electron chi connectivity index (χ0n) is 11.4. The van der Waals surface area contributed by atoms with Crippen molar-refractivity contribution in [3.8, 4) is 0 Å². The van der Waals surface area contributed by atoms with Gasteiger partial charge in [0.25, 0.3) is 0 Å². The lowest BCUT2D eigenvalue weighted by molar-refractivity contribution is -0.149. The third-order valence-electron chi connectivity index (χ3n) is 4.57. The molecule has 4 N–H and O–H groups in total. The molecule has 0 spiro atoms. The van der Waals surface area contributed by atoms with E-state index in [2.05, 4.69) is 5.32 Å². The van der Waals surface area contributed by atoms with Crippen LogP contribution in [0.15, 0.2) is 0 Å². The zero-order chi connectivity index (χ0) is 13.9. The Hall–Kier alpha value is -1.10. The Morgan fingerprint density at radius 1 is 1.11 bits per heavy atom. The van der Waals surface area contributed by atoms with Gasteiger partial charge in [-0.1, -0.05) is 25.7 Å². The molecule has 2 atom stereocenters. The van der Waals surface area contributed by atoms with Gasteiger partial charge in [-0.05, 0) is 32.1 Å². The number of rotatable bonds is 3. The van der Waals surface area contributed by atoms with Gasteiger partial charge < -0.3 is 16.2 Å². The SMILES string of the molecule is NC1CCC(C(=O)NC2(C(=O)O)CCCCCC2)C1. The fourth-order valence-corrected chi connectivity index (χ4v) is 3.32. The second-order valence-electron chi connectivity index (χ2n) is 6.06. The second-order valence-corrected chi connectivity index (χ2v) is 6.06. The maximum Gasteiger partial charge on any atom is 0.329 e. The van der Waals surface area contributed by atoms with Crippen molar-refractivity contribution >= 4 is 11.9 Å². The minimum atomic E-state index is -1.04. The number of aliphatic carboxylic acids is 1. The molecule has 0 bridgehead atoms. The number of carboxylic acids is 1. The van der Waals surface area contributed by atoms with E-state index in [1.165, 1.54) is 0 Å². The summed E-state index contributed by atoms with van der Waals surface area (Å²) in [5.41, 5.74) is 4.78. The highest BCUT2D eigenvalue weighted by molar-refractivity contribution is 5.88. The van der Waals surface area contributed by atoms with E-state index < -0.39 is 11.5 Å². The molecule has 19 heavy (non-hydrogen) atoms. The fraction of sp³-hybridized carbons (Fsp3) is 0.857. The number of nitrogens with two attached hydrogens (primary N) is 1. The number of nitrogens with one attached hydrogen (secondary N) is 1. The van der Waals surface area contributed by atoms with Gasteiger partial charge in [0.15, 0.2) is 0 Å². The summed E-state index contributed by atoms with van der Waals surface area (Å²) in [4.78, 5) is 23.9. The average Bonchev–Trinajstić information content (AvgIpc) is 2.65. The quantitative estimate of drug-likeness (QED) is 0.675. The molecule has 0 aromatic carbocycles. The number of carboxylic acid groups (broad SMARTS) is 1. The topological polar surface area (TPSA) is 92.4 Å². The molecule has 5 nitrogen and oxygen atoms in total. The van der Waals surface area contributed by atoms with Crippen molar-refractivity contribution < 1.29 is 14.7 Å². The summed E-state index contributed by atoms with van der Waals surface area (Å²) in [6.07, 6.45) is 7.27. The molecule has 108 valence electrons. The van der Waals surface area contributed by atoms with Crippen LogP contribution in [0.5, 0.6) is 0 Å². The Bertz CT molecular complexity index is 349. The molecule has 2 unspecified atom stereocenters. The maximum atomic E-state index is 12.3. The number of carbonyl (C=O) groups is 2. The lowest BCUT2D eigenvalue weighted by Gasteiger charge is -2.30. The van der Waals surface area contributed by atoms with Crippen LogP contribution in [0.4, 0.5) is 0 Å². The summed E-state index contributed by atoms with van der Waals surface area (Å²) in [7, 11) is 0. The monoisotopic (exact) mass is 268 g/mol. The number of hydrogen-bond acceptors (Lipinski definition) is 3. The van der Waals surface area contributed by atoms with E-state index in [0.717, 1.165) is 38.5 Å². The van der Waals surface area contributed by atoms with Gasteiger partial charge in [-0.2, -0.15) is 0 Å². The van der Waals surface area contributed by atoms with E-state index in [9.17, 15) is 14.7 Å². The molecule has 0 aliphatic heterocycles. The summed E-state index contributed by atoms with van der Waals surface area (Å²) < 4.78 is 0. The van der Waals surface area contributed by atoms with Crippen LogP contribution >= 0.6 is 0 Å². The minimum absolute atomic E-state index is 0.0886. The Labute approximate surface area is 113 Å². The van der Waals surface area contributed by atoms with Crippen LogP contribution in [0.1, 0.15) is 57.8 Å². The Kier molecular flexibility index (Phi) is 4.45. The predicted octanol–water partition coefficient (Wildman–Crippen LogP) is 1.41. The van der Waals surface area contributed by atoms with Crippen LogP contribution in [0.25, 0.3) is 0 Å². The molecular weight excluding hydrogens is 244 g/mol. The van der Waals surface area contributed by atoms with Crippen molar-refractivity contribution in [2.75, 3.05) is 0 Å². The lowest BCUT2D eigenvalue weighted by Crippen LogP contribution is -2.55. The average molecular weight is 268 g/mol. The highest BCUT2D eigenvalue weighted by atomic mass is 16.4. The van der Waals surface area contributed by atoms with Crippen LogP contribution in [-0.2, 0) is 9.59 Å². The van der Waals surface area contributed by atoms with Gasteiger partial charge in [0.05, 0.1) is 0 Å². The first-order valence-corrected chi connectivity index (χ1v) is 7.34. The van der Waals surface area contributed by atoms with Crippen molar-refractivity contribution in [2.45, 2.75) is 69.4 Å². The predicted molar refractivity (Wildman–Crippen MR) is 71.5 cm³/mol. The molecule has 0 aromatic rings. The van der Waals surface area contributed by atoms with Crippen molar-refractivity contribution in [2.24, 2.45) is 11.7 Å². The van der Waals surface area contributed by atoms with E-state index in [4.69, 9.17) is 5.73 Å². The van der Waals surface area contributed by atoms with Crippen LogP contribution in [0.2, 0.25) is 0 Å². The summed E-state index contributed by atoms with van der Waals surface area (Å²) in [6, 6.07) is 0.0886. The molecule has 0 saturated heterocycles. The highest BCUT2D eigenvalue weighted by Crippen LogP contribution is 2.30. The van der Waals surface area contributed by atoms with Gasteiger partial charge in [-0.3, -0.25) is 4.79 Å². The first kappa shape index (κ1) is 14.3. The van der Waals surface area contributed by atoms with Crippen LogP contribution in [-0.4, -0.2) is 28.6 Å². The normalized spacial score (nSPS) is 30.6. The van der Waals surface area contributed by atoms with E-state index >= 15 is 0 Å². The molecule has 0 radical (unpaired) electrons. The number of carbonyl (C=O) groups excluding carboxylic acids is 1. The molecule has 2 saturated carbocycles. The molecule has 5 heteroatoms. The minimum Gasteiger partial charge on any atom is -0.480 e. The van der Waals surface area contributed by atoms with Gasteiger partial charge in [0.2, 0.25) is 5.91 Å². The summed E-state index contributed by atoms with van der Waals surface area (Å²) >= 11 is 0. The van der Waals surface area contributed by atoms with Crippen LogP contribution < -0.4 is 11.1 Å². The standard InChI is InChI=1S/C14H24N2O3/c15-11-6-5-10(9-11)12(17)16-14(13(18)19)7-3-1-2-4-8-14/h10-11H,1-9,15H2,(H,16,17)(H,18,19). The maximum absolute atomic E-state index is 12.3. The van der Waals surface area contributed by atoms with Gasteiger partial charge in [0, 0.05) is 12.0 Å². The van der Waals surface area contributed by atoms with E-state index in [1.807, 2.05) is 0 Å². The largest absolute Gasteiger partial charge is 0.480 e. The highest BCUT2D eigenvalue weighted by Gasteiger charge is 2.42. The molecule has 2 aliphatic rings. The molecular formula is C14H24N2O3. The van der Waals surface area contributed by atoms with Crippen LogP contribution in [0.3, 0.4) is 0 Å². The molecule has 1 amide bonds. The van der Waals surface area contributed by atoms with Crippen molar-refractivity contribution in [3.05, 3.63) is 0 Å². The lowest BCUT2D eigenvalue weighted by atomic mass is 9.89. The summed E-state index contributed by atoms with van der Waals surface area (Å²) in [6.45, 7) is 0. The second kappa shape index (κ2) is 5.90. The fourth-order valence-electron chi connectivity index (χ4n) is 3.32. The van der Waals surface area contributed by atoms with Gasteiger partial charge in [-0.15, -0.1) is 0 Å². The Morgan fingerprint density at radius 3 is 2.21 bits per heavy atom. The van der Waals surface area contributed by atoms with Gasteiger partial charge in [-0.25, -0.2) is 4.79 Å². The van der Waals surface area contributed by atoms with E-state index in [0.29, 0.717) is 19.3 Å². The first-order chi connectivity index (χ1) is 9.03. The third-order valence-corrected chi connectivity index (χ3v) is 4.57. The van der Waals surface area contributed by atoms with Crippen molar-refractivity contribution in [3.63, 3.8) is 0 Å². The van der Waals surface area contributed by atoms with Crippen molar-refractivity contribution in [1.82, 2.24) is 5.32 Å². The summed E-state index contributed by atoms with van der Waals surface area (Å²) in [5.74, 6) is -1.10. The number of amides is 1. The molecule has 2 rings (SSSR count). The molecule has 2 aliphatic carbocycles. The summed E-state index contributed by atoms with van der Waals surface area (Å²) in [5, 5.41) is 12.4. The van der Waals surface area contributed by atoms with E-state index in [1.54, 1.807) is 0 Å². The number of hydrogen-bond donors (Lipinski definition) is 3. The third kappa shape index (κ3) is 3.26.